The Kier molecular flexibility index (Phi) is 4.90. The molecule has 0 radical (unpaired) electrons. The number of aryl methyl sites for hydroxylation is 1. The first-order valence-electron chi connectivity index (χ1n) is 5.88. The Morgan fingerprint density at radius 2 is 2.11 bits per heavy atom. The zero-order chi connectivity index (χ0) is 14.0. The summed E-state index contributed by atoms with van der Waals surface area (Å²) in [6.45, 7) is 2.76. The van der Waals surface area contributed by atoms with Crippen molar-refractivity contribution in [2.24, 2.45) is 0 Å². The molecule has 2 aromatic rings. The van der Waals surface area contributed by atoms with Gasteiger partial charge in [-0.05, 0) is 40.0 Å². The quantitative estimate of drug-likeness (QED) is 0.871. The van der Waals surface area contributed by atoms with Gasteiger partial charge in [0.25, 0.3) is 0 Å². The Balaban J connectivity index is 2.40. The smallest absolute Gasteiger partial charge is 0.122 e. The van der Waals surface area contributed by atoms with Crippen molar-refractivity contribution in [2.45, 2.75) is 26.0 Å². The Morgan fingerprint density at radius 3 is 2.74 bits per heavy atom. The zero-order valence-electron chi connectivity index (χ0n) is 10.3. The predicted octanol–water partition coefficient (Wildman–Crippen LogP) is 4.44. The van der Waals surface area contributed by atoms with Crippen molar-refractivity contribution in [3.05, 3.63) is 50.2 Å². The van der Waals surface area contributed by atoms with Gasteiger partial charge in [-0.3, -0.25) is 4.68 Å². The molecule has 0 aliphatic heterocycles. The molecule has 1 unspecified atom stereocenters. The molecule has 102 valence electrons. The van der Waals surface area contributed by atoms with Gasteiger partial charge in [0.15, 0.2) is 0 Å². The van der Waals surface area contributed by atoms with Crippen molar-refractivity contribution < 1.29 is 5.11 Å². The molecule has 0 aliphatic rings. The Morgan fingerprint density at radius 1 is 1.37 bits per heavy atom. The van der Waals surface area contributed by atoms with Gasteiger partial charge in [0.1, 0.15) is 6.10 Å². The summed E-state index contributed by atoms with van der Waals surface area (Å²) in [7, 11) is 0. The second-order valence-electron chi connectivity index (χ2n) is 4.18. The number of benzene rings is 1. The number of hydrogen-bond donors (Lipinski definition) is 1. The molecule has 1 aromatic carbocycles. The molecule has 3 nitrogen and oxygen atoms in total. The van der Waals surface area contributed by atoms with E-state index >= 15 is 0 Å². The minimum Gasteiger partial charge on any atom is -0.382 e. The third-order valence-corrected chi connectivity index (χ3v) is 4.29. The molecule has 0 bridgehead atoms. The standard InChI is InChI=1S/C13H13BrCl2N2O/c1-2-5-18-12(11(16)7-17-18)13(19)8-3-4-10(15)9(14)6-8/h3-4,6-7,13,19H,2,5H2,1H3. The number of nitrogens with zero attached hydrogens (tertiary/aromatic N) is 2. The van der Waals surface area contributed by atoms with Gasteiger partial charge in [-0.1, -0.05) is 36.2 Å². The van der Waals surface area contributed by atoms with Crippen molar-refractivity contribution in [1.82, 2.24) is 9.78 Å². The van der Waals surface area contributed by atoms with Gasteiger partial charge < -0.3 is 5.11 Å². The molecule has 19 heavy (non-hydrogen) atoms. The maximum atomic E-state index is 10.5. The van der Waals surface area contributed by atoms with E-state index in [1.54, 1.807) is 29.1 Å². The number of aliphatic hydroxyl groups is 1. The van der Waals surface area contributed by atoms with E-state index in [2.05, 4.69) is 21.0 Å². The number of aliphatic hydroxyl groups excluding tert-OH is 1. The zero-order valence-corrected chi connectivity index (χ0v) is 13.4. The van der Waals surface area contributed by atoms with E-state index in [4.69, 9.17) is 23.2 Å². The Bertz CT molecular complexity index is 586. The first-order chi connectivity index (χ1) is 9.04. The van der Waals surface area contributed by atoms with E-state index in [9.17, 15) is 5.11 Å². The Hall–Kier alpha value is -0.550. The van der Waals surface area contributed by atoms with E-state index in [0.717, 1.165) is 16.5 Å². The molecule has 0 amide bonds. The monoisotopic (exact) mass is 362 g/mol. The second-order valence-corrected chi connectivity index (χ2v) is 5.85. The van der Waals surface area contributed by atoms with Crippen LogP contribution < -0.4 is 0 Å². The van der Waals surface area contributed by atoms with Crippen LogP contribution in [0, 0.1) is 0 Å². The fraction of sp³-hybridized carbons (Fsp3) is 0.308. The fourth-order valence-electron chi connectivity index (χ4n) is 1.87. The van der Waals surface area contributed by atoms with Crippen molar-refractivity contribution in [3.8, 4) is 0 Å². The van der Waals surface area contributed by atoms with Crippen molar-refractivity contribution in [2.75, 3.05) is 0 Å². The van der Waals surface area contributed by atoms with Crippen LogP contribution in [0.5, 0.6) is 0 Å². The highest BCUT2D eigenvalue weighted by Crippen LogP contribution is 2.32. The lowest BCUT2D eigenvalue weighted by molar-refractivity contribution is 0.207. The van der Waals surface area contributed by atoms with Gasteiger partial charge in [-0.25, -0.2) is 0 Å². The molecule has 1 atom stereocenters. The van der Waals surface area contributed by atoms with Gasteiger partial charge in [-0.15, -0.1) is 0 Å². The highest BCUT2D eigenvalue weighted by molar-refractivity contribution is 9.10. The Labute approximate surface area is 130 Å². The molecule has 2 rings (SSSR count). The number of aromatic nitrogens is 2. The first-order valence-corrected chi connectivity index (χ1v) is 7.43. The molecule has 1 aromatic heterocycles. The highest BCUT2D eigenvalue weighted by Gasteiger charge is 2.20. The summed E-state index contributed by atoms with van der Waals surface area (Å²) in [5.74, 6) is 0. The molecule has 0 saturated carbocycles. The number of hydrogen-bond acceptors (Lipinski definition) is 2. The molecular formula is C13H13BrCl2N2O. The molecule has 1 N–H and O–H groups in total. The topological polar surface area (TPSA) is 38.0 Å². The number of rotatable bonds is 4. The van der Waals surface area contributed by atoms with Crippen LogP contribution in [-0.2, 0) is 6.54 Å². The minimum atomic E-state index is -0.824. The second kappa shape index (κ2) is 6.27. The van der Waals surface area contributed by atoms with Gasteiger partial charge in [-0.2, -0.15) is 5.10 Å². The lowest BCUT2D eigenvalue weighted by Crippen LogP contribution is -2.10. The normalized spacial score (nSPS) is 12.7. The van der Waals surface area contributed by atoms with E-state index in [-0.39, 0.29) is 0 Å². The van der Waals surface area contributed by atoms with Crippen molar-refractivity contribution in [3.63, 3.8) is 0 Å². The molecular weight excluding hydrogens is 351 g/mol. The van der Waals surface area contributed by atoms with Crippen LogP contribution >= 0.6 is 39.1 Å². The molecule has 0 aliphatic carbocycles. The summed E-state index contributed by atoms with van der Waals surface area (Å²) < 4.78 is 2.47. The molecule has 1 heterocycles. The van der Waals surface area contributed by atoms with Gasteiger partial charge in [0.05, 0.1) is 21.9 Å². The molecule has 0 spiro atoms. The third-order valence-electron chi connectivity index (χ3n) is 2.79. The van der Waals surface area contributed by atoms with Crippen molar-refractivity contribution in [1.29, 1.82) is 0 Å². The minimum absolute atomic E-state index is 0.465. The van der Waals surface area contributed by atoms with Crippen LogP contribution in [0.3, 0.4) is 0 Å². The SMILES string of the molecule is CCCn1ncc(Cl)c1C(O)c1ccc(Cl)c(Br)c1. The van der Waals surface area contributed by atoms with Gasteiger partial charge in [0.2, 0.25) is 0 Å². The maximum Gasteiger partial charge on any atom is 0.122 e. The van der Waals surface area contributed by atoms with Crippen LogP contribution in [0.4, 0.5) is 0 Å². The van der Waals surface area contributed by atoms with E-state index in [1.165, 1.54) is 0 Å². The predicted molar refractivity (Wildman–Crippen MR) is 80.7 cm³/mol. The maximum absolute atomic E-state index is 10.5. The van der Waals surface area contributed by atoms with Crippen LogP contribution in [0.25, 0.3) is 0 Å². The van der Waals surface area contributed by atoms with Crippen LogP contribution in [0.15, 0.2) is 28.9 Å². The summed E-state index contributed by atoms with van der Waals surface area (Å²) >= 11 is 15.4. The first kappa shape index (κ1) is 14.9. The summed E-state index contributed by atoms with van der Waals surface area (Å²) in [6.07, 6.45) is 1.65. The molecule has 0 saturated heterocycles. The lowest BCUT2D eigenvalue weighted by atomic mass is 10.1. The average Bonchev–Trinajstić information content (AvgIpc) is 2.74. The highest BCUT2D eigenvalue weighted by atomic mass is 79.9. The summed E-state index contributed by atoms with van der Waals surface area (Å²) in [5, 5.41) is 15.7. The lowest BCUT2D eigenvalue weighted by Gasteiger charge is -2.14. The third kappa shape index (κ3) is 3.14. The van der Waals surface area contributed by atoms with E-state index in [1.807, 2.05) is 6.92 Å². The van der Waals surface area contributed by atoms with Crippen LogP contribution in [0.1, 0.15) is 30.7 Å². The summed E-state index contributed by atoms with van der Waals surface area (Å²) in [6, 6.07) is 5.29. The van der Waals surface area contributed by atoms with Crippen LogP contribution in [0.2, 0.25) is 10.0 Å². The van der Waals surface area contributed by atoms with Gasteiger partial charge >= 0.3 is 0 Å². The molecule has 0 fully saturated rings. The molecule has 6 heteroatoms. The van der Waals surface area contributed by atoms with E-state index in [0.29, 0.717) is 22.3 Å². The van der Waals surface area contributed by atoms with E-state index < -0.39 is 6.10 Å². The summed E-state index contributed by atoms with van der Waals surface area (Å²) in [5.41, 5.74) is 1.33. The van der Waals surface area contributed by atoms with Crippen LogP contribution in [-0.4, -0.2) is 14.9 Å². The average molecular weight is 364 g/mol. The largest absolute Gasteiger partial charge is 0.382 e. The number of halogens is 3. The fourth-order valence-corrected chi connectivity index (χ4v) is 2.63. The van der Waals surface area contributed by atoms with Crippen molar-refractivity contribution >= 4 is 39.1 Å². The summed E-state index contributed by atoms with van der Waals surface area (Å²) in [4.78, 5) is 0. The van der Waals surface area contributed by atoms with Gasteiger partial charge in [0, 0.05) is 11.0 Å².